The second kappa shape index (κ2) is 8.81. The summed E-state index contributed by atoms with van der Waals surface area (Å²) in [4.78, 5) is 26.5. The molecule has 3 rings (SSSR count). The number of nitrogens with one attached hydrogen (secondary N) is 1. The molecule has 2 amide bonds. The Hall–Kier alpha value is -2.67. The second-order valence-corrected chi connectivity index (χ2v) is 7.18. The number of rotatable bonds is 6. The Balaban J connectivity index is 1.41. The van der Waals surface area contributed by atoms with Crippen molar-refractivity contribution in [2.75, 3.05) is 19.6 Å². The summed E-state index contributed by atoms with van der Waals surface area (Å²) in [7, 11) is 1.78. The van der Waals surface area contributed by atoms with E-state index in [9.17, 15) is 9.59 Å². The fourth-order valence-electron chi connectivity index (χ4n) is 3.42. The highest BCUT2D eigenvalue weighted by Crippen LogP contribution is 2.18. The molecule has 0 spiro atoms. The van der Waals surface area contributed by atoms with Crippen LogP contribution in [-0.4, -0.2) is 52.2 Å². The van der Waals surface area contributed by atoms with Gasteiger partial charge in [-0.3, -0.25) is 14.3 Å². The predicted molar refractivity (Wildman–Crippen MR) is 103 cm³/mol. The van der Waals surface area contributed by atoms with Crippen LogP contribution in [-0.2, 0) is 18.3 Å². The SMILES string of the molecule is Cn1cc(C(=O)NCC2CCN(C(=O)[C@@H](N)Cc3ccccc3)CC2)cn1. The van der Waals surface area contributed by atoms with Gasteiger partial charge in [0.2, 0.25) is 5.91 Å². The van der Waals surface area contributed by atoms with Gasteiger partial charge in [0.1, 0.15) is 0 Å². The van der Waals surface area contributed by atoms with Crippen molar-refractivity contribution >= 4 is 11.8 Å². The number of likely N-dealkylation sites (tertiary alicyclic amines) is 1. The van der Waals surface area contributed by atoms with E-state index < -0.39 is 6.04 Å². The van der Waals surface area contributed by atoms with Crippen molar-refractivity contribution in [1.82, 2.24) is 20.0 Å². The lowest BCUT2D eigenvalue weighted by Gasteiger charge is -2.33. The average molecular weight is 369 g/mol. The minimum Gasteiger partial charge on any atom is -0.352 e. The van der Waals surface area contributed by atoms with E-state index in [0.29, 0.717) is 37.5 Å². The molecule has 2 heterocycles. The third-order valence-electron chi connectivity index (χ3n) is 5.06. The van der Waals surface area contributed by atoms with Crippen molar-refractivity contribution in [1.29, 1.82) is 0 Å². The van der Waals surface area contributed by atoms with Crippen LogP contribution in [0.25, 0.3) is 0 Å². The van der Waals surface area contributed by atoms with Gasteiger partial charge in [-0.25, -0.2) is 0 Å². The Bertz CT molecular complexity index is 766. The van der Waals surface area contributed by atoms with Gasteiger partial charge in [0, 0.05) is 32.9 Å². The van der Waals surface area contributed by atoms with Gasteiger partial charge in [-0.15, -0.1) is 0 Å². The molecule has 0 saturated carbocycles. The lowest BCUT2D eigenvalue weighted by atomic mass is 9.95. The number of carbonyl (C=O) groups is 2. The summed E-state index contributed by atoms with van der Waals surface area (Å²) in [6.07, 6.45) is 5.56. The van der Waals surface area contributed by atoms with Gasteiger partial charge in [-0.2, -0.15) is 5.10 Å². The van der Waals surface area contributed by atoms with Crippen molar-refractivity contribution in [3.8, 4) is 0 Å². The molecule has 1 aliphatic rings. The number of hydrogen-bond acceptors (Lipinski definition) is 4. The van der Waals surface area contributed by atoms with Gasteiger partial charge in [0.15, 0.2) is 0 Å². The highest BCUT2D eigenvalue weighted by molar-refractivity contribution is 5.93. The van der Waals surface area contributed by atoms with Crippen molar-refractivity contribution in [3.05, 3.63) is 53.9 Å². The zero-order chi connectivity index (χ0) is 19.2. The van der Waals surface area contributed by atoms with Crippen LogP contribution in [0.1, 0.15) is 28.8 Å². The van der Waals surface area contributed by atoms with Gasteiger partial charge in [-0.05, 0) is 30.7 Å². The van der Waals surface area contributed by atoms with Crippen molar-refractivity contribution < 1.29 is 9.59 Å². The number of aryl methyl sites for hydroxylation is 1. The molecule has 2 aromatic rings. The smallest absolute Gasteiger partial charge is 0.254 e. The molecular weight excluding hydrogens is 342 g/mol. The number of amides is 2. The number of nitrogens with zero attached hydrogens (tertiary/aromatic N) is 3. The summed E-state index contributed by atoms with van der Waals surface area (Å²) >= 11 is 0. The Morgan fingerprint density at radius 3 is 2.59 bits per heavy atom. The van der Waals surface area contributed by atoms with Crippen LogP contribution in [0.15, 0.2) is 42.7 Å². The Morgan fingerprint density at radius 2 is 1.96 bits per heavy atom. The van der Waals surface area contributed by atoms with Crippen molar-refractivity contribution in [2.24, 2.45) is 18.7 Å². The molecule has 7 heteroatoms. The summed E-state index contributed by atoms with van der Waals surface area (Å²) in [6.45, 7) is 2.00. The van der Waals surface area contributed by atoms with E-state index in [1.165, 1.54) is 0 Å². The first-order valence-corrected chi connectivity index (χ1v) is 9.38. The summed E-state index contributed by atoms with van der Waals surface area (Å²) in [5.41, 5.74) is 7.77. The highest BCUT2D eigenvalue weighted by Gasteiger charge is 2.26. The van der Waals surface area contributed by atoms with Gasteiger partial charge in [0.25, 0.3) is 5.91 Å². The summed E-state index contributed by atoms with van der Waals surface area (Å²) in [5, 5.41) is 6.97. The molecule has 0 bridgehead atoms. The van der Waals surface area contributed by atoms with E-state index in [4.69, 9.17) is 5.73 Å². The Morgan fingerprint density at radius 1 is 1.26 bits per heavy atom. The van der Waals surface area contributed by atoms with E-state index in [1.807, 2.05) is 35.2 Å². The number of hydrogen-bond donors (Lipinski definition) is 2. The van der Waals surface area contributed by atoms with Crippen LogP contribution >= 0.6 is 0 Å². The first-order valence-electron chi connectivity index (χ1n) is 9.38. The molecule has 0 radical (unpaired) electrons. The van der Waals surface area contributed by atoms with Gasteiger partial charge in [-0.1, -0.05) is 30.3 Å². The Labute approximate surface area is 159 Å². The molecule has 1 saturated heterocycles. The number of piperidine rings is 1. The minimum absolute atomic E-state index is 0.0108. The lowest BCUT2D eigenvalue weighted by Crippen LogP contribution is -2.49. The van der Waals surface area contributed by atoms with Crippen LogP contribution in [0, 0.1) is 5.92 Å². The summed E-state index contributed by atoms with van der Waals surface area (Å²) in [5.74, 6) is 0.281. The summed E-state index contributed by atoms with van der Waals surface area (Å²) < 4.78 is 1.61. The molecule has 1 aliphatic heterocycles. The first kappa shape index (κ1) is 19.1. The highest BCUT2D eigenvalue weighted by atomic mass is 16.2. The second-order valence-electron chi connectivity index (χ2n) is 7.18. The summed E-state index contributed by atoms with van der Waals surface area (Å²) in [6, 6.07) is 9.34. The number of nitrogens with two attached hydrogens (primary N) is 1. The van der Waals surface area contributed by atoms with Crippen molar-refractivity contribution in [3.63, 3.8) is 0 Å². The standard InChI is InChI=1S/C20H27N5O2/c1-24-14-17(13-23-24)19(26)22-12-16-7-9-25(10-8-16)20(27)18(21)11-15-5-3-2-4-6-15/h2-6,13-14,16,18H,7-12,21H2,1H3,(H,22,26)/t18-/m0/s1. The van der Waals surface area contributed by atoms with E-state index >= 15 is 0 Å². The van der Waals surface area contributed by atoms with E-state index in [-0.39, 0.29) is 11.8 Å². The lowest BCUT2D eigenvalue weighted by molar-refractivity contribution is -0.133. The third kappa shape index (κ3) is 5.17. The molecule has 144 valence electrons. The molecule has 1 fully saturated rings. The minimum atomic E-state index is -0.505. The molecule has 1 aromatic carbocycles. The third-order valence-corrected chi connectivity index (χ3v) is 5.06. The molecule has 0 unspecified atom stereocenters. The van der Waals surface area contributed by atoms with Crippen LogP contribution in [0.5, 0.6) is 0 Å². The molecular formula is C20H27N5O2. The largest absolute Gasteiger partial charge is 0.352 e. The van der Waals surface area contributed by atoms with Crippen LogP contribution < -0.4 is 11.1 Å². The van der Waals surface area contributed by atoms with Crippen LogP contribution in [0.4, 0.5) is 0 Å². The zero-order valence-electron chi connectivity index (χ0n) is 15.7. The van der Waals surface area contributed by atoms with E-state index in [0.717, 1.165) is 18.4 Å². The maximum Gasteiger partial charge on any atom is 0.254 e. The topological polar surface area (TPSA) is 93.2 Å². The van der Waals surface area contributed by atoms with Crippen LogP contribution in [0.2, 0.25) is 0 Å². The quantitative estimate of drug-likeness (QED) is 0.793. The van der Waals surface area contributed by atoms with E-state index in [1.54, 1.807) is 24.1 Å². The molecule has 1 atom stereocenters. The molecule has 0 aliphatic carbocycles. The number of aromatic nitrogens is 2. The number of carbonyl (C=O) groups excluding carboxylic acids is 2. The predicted octanol–water partition coefficient (Wildman–Crippen LogP) is 0.959. The zero-order valence-corrected chi connectivity index (χ0v) is 15.7. The normalized spacial score (nSPS) is 16.1. The fourth-order valence-corrected chi connectivity index (χ4v) is 3.42. The molecule has 1 aromatic heterocycles. The fraction of sp³-hybridized carbons (Fsp3) is 0.450. The maximum absolute atomic E-state index is 12.6. The van der Waals surface area contributed by atoms with Gasteiger partial charge < -0.3 is 16.0 Å². The Kier molecular flexibility index (Phi) is 6.24. The van der Waals surface area contributed by atoms with Crippen LogP contribution in [0.3, 0.4) is 0 Å². The first-order chi connectivity index (χ1) is 13.0. The van der Waals surface area contributed by atoms with Crippen molar-refractivity contribution in [2.45, 2.75) is 25.3 Å². The van der Waals surface area contributed by atoms with Gasteiger partial charge in [0.05, 0.1) is 17.8 Å². The molecule has 3 N–H and O–H groups in total. The average Bonchev–Trinajstić information content (AvgIpc) is 3.13. The number of benzene rings is 1. The monoisotopic (exact) mass is 369 g/mol. The van der Waals surface area contributed by atoms with Gasteiger partial charge >= 0.3 is 0 Å². The molecule has 27 heavy (non-hydrogen) atoms. The van der Waals surface area contributed by atoms with E-state index in [2.05, 4.69) is 10.4 Å². The molecule has 7 nitrogen and oxygen atoms in total. The maximum atomic E-state index is 12.6.